The van der Waals surface area contributed by atoms with E-state index in [1.165, 1.54) is 31.7 Å². The van der Waals surface area contributed by atoms with Crippen molar-refractivity contribution in [3.05, 3.63) is 0 Å². The summed E-state index contributed by atoms with van der Waals surface area (Å²) in [6, 6.07) is 1.43. The maximum atomic E-state index is 3.66. The van der Waals surface area contributed by atoms with E-state index in [-0.39, 0.29) is 0 Å². The van der Waals surface area contributed by atoms with Crippen molar-refractivity contribution in [2.75, 3.05) is 25.1 Å². The van der Waals surface area contributed by atoms with Gasteiger partial charge in [-0.05, 0) is 39.1 Å². The lowest BCUT2D eigenvalue weighted by Gasteiger charge is -2.26. The number of nitrogens with one attached hydrogen (secondary N) is 2. The largest absolute Gasteiger partial charge is 0.317 e. The molecule has 0 bridgehead atoms. The molecule has 1 atom stereocenters. The molecular weight excluding hydrogens is 168 g/mol. The van der Waals surface area contributed by atoms with Gasteiger partial charge in [-0.2, -0.15) is 11.8 Å². The van der Waals surface area contributed by atoms with E-state index in [0.29, 0.717) is 6.04 Å². The van der Waals surface area contributed by atoms with Gasteiger partial charge in [-0.1, -0.05) is 0 Å². The van der Waals surface area contributed by atoms with Crippen LogP contribution < -0.4 is 10.6 Å². The molecule has 0 aromatic heterocycles. The third-order valence-electron chi connectivity index (χ3n) is 2.28. The predicted octanol–water partition coefficient (Wildman–Crippen LogP) is 1.08. The third-order valence-corrected chi connectivity index (χ3v) is 3.11. The molecule has 1 rings (SSSR count). The minimum atomic E-state index is 0.670. The first kappa shape index (κ1) is 10.4. The first-order valence-electron chi connectivity index (χ1n) is 4.78. The van der Waals surface area contributed by atoms with E-state index < -0.39 is 0 Å². The summed E-state index contributed by atoms with van der Waals surface area (Å²) in [6.45, 7) is 4.64. The van der Waals surface area contributed by atoms with Crippen molar-refractivity contribution in [2.45, 2.75) is 31.8 Å². The van der Waals surface area contributed by atoms with E-state index in [0.717, 1.165) is 6.04 Å². The van der Waals surface area contributed by atoms with Gasteiger partial charge in [-0.15, -0.1) is 0 Å². The van der Waals surface area contributed by atoms with Crippen molar-refractivity contribution < 1.29 is 0 Å². The molecule has 0 aromatic carbocycles. The lowest BCUT2D eigenvalue weighted by atomic mass is 10.1. The maximum Gasteiger partial charge on any atom is 0.0132 e. The van der Waals surface area contributed by atoms with Crippen molar-refractivity contribution in [2.24, 2.45) is 0 Å². The van der Waals surface area contributed by atoms with Crippen molar-refractivity contribution >= 4 is 11.8 Å². The molecule has 0 saturated carbocycles. The SMILES string of the molecule is CSCC(C)NC1CCNCC1. The summed E-state index contributed by atoms with van der Waals surface area (Å²) in [6.07, 6.45) is 4.75. The first-order chi connectivity index (χ1) is 5.83. The highest BCUT2D eigenvalue weighted by Crippen LogP contribution is 2.05. The van der Waals surface area contributed by atoms with Crippen LogP contribution in [0.3, 0.4) is 0 Å². The van der Waals surface area contributed by atoms with Crippen molar-refractivity contribution in [1.29, 1.82) is 0 Å². The number of hydrogen-bond donors (Lipinski definition) is 2. The molecule has 1 saturated heterocycles. The summed E-state index contributed by atoms with van der Waals surface area (Å²) in [5.74, 6) is 1.23. The van der Waals surface area contributed by atoms with Crippen molar-refractivity contribution in [3.63, 3.8) is 0 Å². The van der Waals surface area contributed by atoms with Crippen LogP contribution in [-0.2, 0) is 0 Å². The maximum absolute atomic E-state index is 3.66. The normalized spacial score (nSPS) is 22.5. The quantitative estimate of drug-likeness (QED) is 0.690. The minimum Gasteiger partial charge on any atom is -0.317 e. The number of rotatable bonds is 4. The van der Waals surface area contributed by atoms with Crippen LogP contribution in [0.2, 0.25) is 0 Å². The summed E-state index contributed by atoms with van der Waals surface area (Å²) in [5, 5.41) is 7.03. The Hall–Kier alpha value is 0.270. The second kappa shape index (κ2) is 5.84. The molecule has 2 N–H and O–H groups in total. The minimum absolute atomic E-state index is 0.670. The third kappa shape index (κ3) is 3.78. The zero-order valence-corrected chi connectivity index (χ0v) is 8.91. The lowest BCUT2D eigenvalue weighted by Crippen LogP contribution is -2.44. The fourth-order valence-electron chi connectivity index (χ4n) is 1.69. The number of piperidine rings is 1. The van der Waals surface area contributed by atoms with E-state index in [4.69, 9.17) is 0 Å². The highest BCUT2D eigenvalue weighted by atomic mass is 32.2. The Morgan fingerprint density at radius 1 is 1.50 bits per heavy atom. The van der Waals surface area contributed by atoms with Crippen LogP contribution in [-0.4, -0.2) is 37.2 Å². The number of hydrogen-bond acceptors (Lipinski definition) is 3. The van der Waals surface area contributed by atoms with E-state index >= 15 is 0 Å². The standard InChI is InChI=1S/C9H20N2S/c1-8(7-12-2)11-9-3-5-10-6-4-9/h8-11H,3-7H2,1-2H3. The molecule has 1 unspecified atom stereocenters. The van der Waals surface area contributed by atoms with Crippen molar-refractivity contribution in [1.82, 2.24) is 10.6 Å². The van der Waals surface area contributed by atoms with Gasteiger partial charge in [0.05, 0.1) is 0 Å². The first-order valence-corrected chi connectivity index (χ1v) is 6.18. The fourth-order valence-corrected chi connectivity index (χ4v) is 2.29. The summed E-state index contributed by atoms with van der Waals surface area (Å²) >= 11 is 1.92. The Kier molecular flexibility index (Phi) is 5.04. The Morgan fingerprint density at radius 2 is 2.17 bits per heavy atom. The molecule has 0 aromatic rings. The Labute approximate surface area is 79.9 Å². The average molecular weight is 188 g/mol. The highest BCUT2D eigenvalue weighted by Gasteiger charge is 2.14. The zero-order valence-electron chi connectivity index (χ0n) is 8.10. The van der Waals surface area contributed by atoms with Gasteiger partial charge in [0.1, 0.15) is 0 Å². The molecule has 2 nitrogen and oxygen atoms in total. The summed E-state index contributed by atoms with van der Waals surface area (Å²) in [4.78, 5) is 0. The molecule has 3 heteroatoms. The molecule has 72 valence electrons. The van der Waals surface area contributed by atoms with E-state index in [1.807, 2.05) is 11.8 Å². The van der Waals surface area contributed by atoms with E-state index in [9.17, 15) is 0 Å². The molecule has 0 aliphatic carbocycles. The second-order valence-electron chi connectivity index (χ2n) is 3.55. The lowest BCUT2D eigenvalue weighted by molar-refractivity contribution is 0.366. The van der Waals surface area contributed by atoms with Gasteiger partial charge < -0.3 is 10.6 Å². The Balaban J connectivity index is 2.11. The van der Waals surface area contributed by atoms with Gasteiger partial charge >= 0.3 is 0 Å². The monoisotopic (exact) mass is 188 g/mol. The van der Waals surface area contributed by atoms with Gasteiger partial charge in [0.2, 0.25) is 0 Å². The molecule has 1 aliphatic heterocycles. The van der Waals surface area contributed by atoms with Crippen LogP contribution in [0, 0.1) is 0 Å². The van der Waals surface area contributed by atoms with Crippen LogP contribution in [0.5, 0.6) is 0 Å². The number of thioether (sulfide) groups is 1. The smallest absolute Gasteiger partial charge is 0.0132 e. The average Bonchev–Trinajstić information content (AvgIpc) is 2.06. The van der Waals surface area contributed by atoms with Crippen LogP contribution in [0.1, 0.15) is 19.8 Å². The van der Waals surface area contributed by atoms with Gasteiger partial charge in [0.25, 0.3) is 0 Å². The molecule has 1 aliphatic rings. The topological polar surface area (TPSA) is 24.1 Å². The molecule has 0 amide bonds. The molecule has 0 radical (unpaired) electrons. The summed E-state index contributed by atoms with van der Waals surface area (Å²) in [7, 11) is 0. The Morgan fingerprint density at radius 3 is 2.75 bits per heavy atom. The van der Waals surface area contributed by atoms with Gasteiger partial charge in [0.15, 0.2) is 0 Å². The van der Waals surface area contributed by atoms with E-state index in [2.05, 4.69) is 23.8 Å². The van der Waals surface area contributed by atoms with Crippen LogP contribution in [0.25, 0.3) is 0 Å². The van der Waals surface area contributed by atoms with Crippen molar-refractivity contribution in [3.8, 4) is 0 Å². The molecule has 1 fully saturated rings. The summed E-state index contributed by atoms with van der Waals surface area (Å²) < 4.78 is 0. The zero-order chi connectivity index (χ0) is 8.81. The Bertz CT molecular complexity index is 113. The summed E-state index contributed by atoms with van der Waals surface area (Å²) in [5.41, 5.74) is 0. The molecule has 12 heavy (non-hydrogen) atoms. The van der Waals surface area contributed by atoms with Crippen LogP contribution in [0.4, 0.5) is 0 Å². The second-order valence-corrected chi connectivity index (χ2v) is 4.46. The molecular formula is C9H20N2S. The molecule has 1 heterocycles. The van der Waals surface area contributed by atoms with Crippen LogP contribution >= 0.6 is 11.8 Å². The predicted molar refractivity (Wildman–Crippen MR) is 56.9 cm³/mol. The van der Waals surface area contributed by atoms with Gasteiger partial charge in [-0.3, -0.25) is 0 Å². The molecule has 0 spiro atoms. The van der Waals surface area contributed by atoms with Gasteiger partial charge in [-0.25, -0.2) is 0 Å². The van der Waals surface area contributed by atoms with Crippen LogP contribution in [0.15, 0.2) is 0 Å². The highest BCUT2D eigenvalue weighted by molar-refractivity contribution is 7.98. The fraction of sp³-hybridized carbons (Fsp3) is 1.00. The van der Waals surface area contributed by atoms with E-state index in [1.54, 1.807) is 0 Å². The van der Waals surface area contributed by atoms with Gasteiger partial charge in [0, 0.05) is 17.8 Å².